The lowest BCUT2D eigenvalue weighted by molar-refractivity contribution is -0.153. The zero-order chi connectivity index (χ0) is 24.8. The molecule has 3 heterocycles. The topological polar surface area (TPSA) is 81.4 Å². The normalized spacial score (nSPS) is 18.8. The fraction of sp³-hybridized carbons (Fsp3) is 0.320. The van der Waals surface area contributed by atoms with Crippen LogP contribution in [0.15, 0.2) is 52.9 Å². The molecule has 35 heavy (non-hydrogen) atoms. The molecule has 0 saturated heterocycles. The van der Waals surface area contributed by atoms with Gasteiger partial charge in [-0.2, -0.15) is 13.2 Å². The highest BCUT2D eigenvalue weighted by molar-refractivity contribution is 6.09. The highest BCUT2D eigenvalue weighted by Crippen LogP contribution is 2.50. The van der Waals surface area contributed by atoms with Crippen molar-refractivity contribution in [2.75, 3.05) is 18.3 Å². The second-order valence-electron chi connectivity index (χ2n) is 8.29. The summed E-state index contributed by atoms with van der Waals surface area (Å²) >= 11 is 0. The van der Waals surface area contributed by atoms with Crippen LogP contribution in [0.4, 0.5) is 18.9 Å². The molecule has 184 valence electrons. The van der Waals surface area contributed by atoms with Gasteiger partial charge in [0.05, 0.1) is 18.8 Å². The third-order valence-corrected chi connectivity index (χ3v) is 6.01. The Morgan fingerprint density at radius 3 is 2.54 bits per heavy atom. The van der Waals surface area contributed by atoms with Crippen molar-refractivity contribution in [2.45, 2.75) is 38.1 Å². The molecule has 0 aliphatic carbocycles. The monoisotopic (exact) mass is 489 g/mol. The first-order valence-corrected chi connectivity index (χ1v) is 11.1. The number of para-hydroxylation sites is 1. The van der Waals surface area contributed by atoms with Gasteiger partial charge < -0.3 is 28.6 Å². The van der Waals surface area contributed by atoms with Crippen molar-refractivity contribution in [3.8, 4) is 17.2 Å². The van der Waals surface area contributed by atoms with Crippen LogP contribution in [0.5, 0.6) is 17.2 Å². The van der Waals surface area contributed by atoms with Gasteiger partial charge in [-0.3, -0.25) is 4.79 Å². The summed E-state index contributed by atoms with van der Waals surface area (Å²) in [5.74, 6) is -0.953. The molecule has 0 fully saturated rings. The summed E-state index contributed by atoms with van der Waals surface area (Å²) in [6.07, 6.45) is -3.02. The minimum absolute atomic E-state index is 0.0116. The van der Waals surface area contributed by atoms with Gasteiger partial charge in [-0.05, 0) is 30.7 Å². The summed E-state index contributed by atoms with van der Waals surface area (Å²) in [4.78, 5) is 15.0. The molecule has 10 heteroatoms. The Bertz CT molecular complexity index is 1270. The largest absolute Gasteiger partial charge is 0.493 e. The van der Waals surface area contributed by atoms with Crippen molar-refractivity contribution in [2.24, 2.45) is 0 Å². The van der Waals surface area contributed by atoms with E-state index in [4.69, 9.17) is 18.6 Å². The van der Waals surface area contributed by atoms with E-state index < -0.39 is 23.4 Å². The van der Waals surface area contributed by atoms with Gasteiger partial charge in [-0.25, -0.2) is 0 Å². The Balaban J connectivity index is 1.57. The number of hydrogen-bond acceptors (Lipinski definition) is 6. The lowest BCUT2D eigenvalue weighted by Crippen LogP contribution is -2.41. The summed E-state index contributed by atoms with van der Waals surface area (Å²) in [7, 11) is 0. The van der Waals surface area contributed by atoms with E-state index in [1.54, 1.807) is 30.3 Å². The number of rotatable bonds is 7. The summed E-state index contributed by atoms with van der Waals surface area (Å²) in [6.45, 7) is 2.05. The minimum Gasteiger partial charge on any atom is -0.493 e. The molecule has 0 saturated carbocycles. The maximum atomic E-state index is 13.8. The van der Waals surface area contributed by atoms with Crippen molar-refractivity contribution in [3.05, 3.63) is 71.2 Å². The number of halogens is 3. The molecular formula is C25H22F3NO6. The number of anilines is 1. The van der Waals surface area contributed by atoms with Crippen LogP contribution in [0.3, 0.4) is 0 Å². The van der Waals surface area contributed by atoms with Gasteiger partial charge in [0.15, 0.2) is 11.5 Å². The van der Waals surface area contributed by atoms with Crippen LogP contribution in [0, 0.1) is 0 Å². The highest BCUT2D eigenvalue weighted by atomic mass is 19.4. The maximum absolute atomic E-state index is 13.8. The van der Waals surface area contributed by atoms with E-state index in [1.165, 1.54) is 11.0 Å². The molecule has 0 radical (unpaired) electrons. The van der Waals surface area contributed by atoms with Crippen LogP contribution in [0.25, 0.3) is 0 Å². The molecule has 2 aliphatic heterocycles. The quantitative estimate of drug-likeness (QED) is 0.471. The van der Waals surface area contributed by atoms with Crippen molar-refractivity contribution in [3.63, 3.8) is 0 Å². The lowest BCUT2D eigenvalue weighted by Gasteiger charge is -2.26. The van der Waals surface area contributed by atoms with E-state index in [0.717, 1.165) is 25.0 Å². The lowest BCUT2D eigenvalue weighted by atomic mass is 9.86. The predicted octanol–water partition coefficient (Wildman–Crippen LogP) is 4.99. The number of hydrogen-bond donors (Lipinski definition) is 1. The first-order valence-electron chi connectivity index (χ1n) is 11.1. The first-order chi connectivity index (χ1) is 16.7. The molecule has 1 N–H and O–H groups in total. The van der Waals surface area contributed by atoms with Gasteiger partial charge in [0.25, 0.3) is 5.91 Å². The molecule has 1 unspecified atom stereocenters. The molecule has 0 bridgehead atoms. The summed E-state index contributed by atoms with van der Waals surface area (Å²) in [5, 5.41) is 12.0. The van der Waals surface area contributed by atoms with E-state index >= 15 is 0 Å². The molecule has 5 rings (SSSR count). The Hall–Kier alpha value is -3.66. The van der Waals surface area contributed by atoms with E-state index in [0.29, 0.717) is 23.8 Å². The Morgan fingerprint density at radius 2 is 1.83 bits per heavy atom. The van der Waals surface area contributed by atoms with E-state index in [2.05, 4.69) is 0 Å². The second-order valence-corrected chi connectivity index (χ2v) is 8.29. The number of amides is 1. The van der Waals surface area contributed by atoms with Crippen molar-refractivity contribution >= 4 is 11.6 Å². The summed E-state index contributed by atoms with van der Waals surface area (Å²) < 4.78 is 60.8. The maximum Gasteiger partial charge on any atom is 0.449 e. The molecule has 1 aromatic heterocycles. The van der Waals surface area contributed by atoms with Crippen LogP contribution in [-0.4, -0.2) is 24.4 Å². The Morgan fingerprint density at radius 1 is 1.09 bits per heavy atom. The van der Waals surface area contributed by atoms with Crippen molar-refractivity contribution in [1.29, 1.82) is 0 Å². The number of ether oxygens (including phenoxy) is 3. The highest BCUT2D eigenvalue weighted by Gasteiger charge is 2.53. The smallest absolute Gasteiger partial charge is 0.449 e. The van der Waals surface area contributed by atoms with Crippen LogP contribution in [0.1, 0.15) is 42.4 Å². The number of carbonyl (C=O) groups excluding carboxylic acids is 1. The number of unbranched alkanes of at least 4 members (excludes halogenated alkanes) is 1. The number of alkyl halides is 3. The number of carbonyl (C=O) groups is 1. The molecular weight excluding hydrogens is 467 g/mol. The number of furan rings is 1. The number of aliphatic hydroxyl groups is 1. The zero-order valence-corrected chi connectivity index (χ0v) is 18.7. The SMILES string of the molecule is CCCCOc1cc2c(cc1C1(O)C(=O)N(Cc3ccc(C(F)(F)F)o3)c3ccccc31)OCO2. The third-order valence-electron chi connectivity index (χ3n) is 6.01. The summed E-state index contributed by atoms with van der Waals surface area (Å²) in [6, 6.07) is 11.6. The molecule has 2 aliphatic rings. The predicted molar refractivity (Wildman–Crippen MR) is 117 cm³/mol. The fourth-order valence-corrected chi connectivity index (χ4v) is 4.28. The van der Waals surface area contributed by atoms with Gasteiger partial charge in [0, 0.05) is 17.2 Å². The van der Waals surface area contributed by atoms with Gasteiger partial charge in [-0.15, -0.1) is 0 Å². The fourth-order valence-electron chi connectivity index (χ4n) is 4.28. The first kappa shape index (κ1) is 23.1. The minimum atomic E-state index is -4.65. The van der Waals surface area contributed by atoms with Gasteiger partial charge in [-0.1, -0.05) is 31.5 Å². The van der Waals surface area contributed by atoms with E-state index in [1.807, 2.05) is 6.92 Å². The molecule has 1 amide bonds. The van der Waals surface area contributed by atoms with E-state index in [-0.39, 0.29) is 36.0 Å². The van der Waals surface area contributed by atoms with Gasteiger partial charge in [0.1, 0.15) is 11.5 Å². The molecule has 2 aromatic carbocycles. The van der Waals surface area contributed by atoms with Crippen LogP contribution in [-0.2, 0) is 23.1 Å². The number of nitrogens with zero attached hydrogens (tertiary/aromatic N) is 1. The summed E-state index contributed by atoms with van der Waals surface area (Å²) in [5.41, 5.74) is -1.39. The van der Waals surface area contributed by atoms with Crippen LogP contribution in [0.2, 0.25) is 0 Å². The molecule has 1 atom stereocenters. The van der Waals surface area contributed by atoms with Gasteiger partial charge in [0.2, 0.25) is 18.2 Å². The van der Waals surface area contributed by atoms with Crippen LogP contribution >= 0.6 is 0 Å². The number of benzene rings is 2. The average Bonchev–Trinajstić information content (AvgIpc) is 3.54. The molecule has 7 nitrogen and oxygen atoms in total. The Labute approximate surface area is 198 Å². The number of fused-ring (bicyclic) bond motifs is 2. The van der Waals surface area contributed by atoms with Crippen LogP contribution < -0.4 is 19.1 Å². The van der Waals surface area contributed by atoms with E-state index in [9.17, 15) is 23.1 Å². The second kappa shape index (κ2) is 8.53. The third kappa shape index (κ3) is 3.87. The standard InChI is InChI=1S/C25H22F3NO6/c1-2-3-10-32-19-12-21-20(33-14-34-21)11-17(19)24(31)16-6-4-5-7-18(16)29(23(24)30)13-15-8-9-22(35-15)25(26,27)28/h4-9,11-12,31H,2-3,10,13-14H2,1H3. The van der Waals surface area contributed by atoms with Gasteiger partial charge >= 0.3 is 6.18 Å². The zero-order valence-electron chi connectivity index (χ0n) is 18.7. The van der Waals surface area contributed by atoms with Crippen molar-refractivity contribution < 1.29 is 41.7 Å². The molecule has 3 aromatic rings. The molecule has 0 spiro atoms. The van der Waals surface area contributed by atoms with Crippen molar-refractivity contribution in [1.82, 2.24) is 0 Å². The Kier molecular flexibility index (Phi) is 5.63. The average molecular weight is 489 g/mol.